The minimum absolute atomic E-state index is 0. The molecule has 1 saturated heterocycles. The number of piperidine rings is 1. The van der Waals surface area contributed by atoms with Gasteiger partial charge in [-0.05, 0) is 37.4 Å². The summed E-state index contributed by atoms with van der Waals surface area (Å²) in [5.74, 6) is 0.574. The molecule has 2 N–H and O–H groups in total. The molecule has 0 saturated carbocycles. The standard InChI is InChI=1S/C14H22N2O3S.ClH/c1-18-10-14(4-6-15-7-5-14)9-16-13(17)12-11(19-2)3-8-20-12;/h3,8,15H,4-7,9-10H2,1-2H3,(H,16,17);1H. The molecule has 0 bridgehead atoms. The molecule has 0 radical (unpaired) electrons. The smallest absolute Gasteiger partial charge is 0.265 e. The second-order valence-corrected chi connectivity index (χ2v) is 6.10. The van der Waals surface area contributed by atoms with Crippen LogP contribution in [0.5, 0.6) is 5.75 Å². The summed E-state index contributed by atoms with van der Waals surface area (Å²) in [4.78, 5) is 12.9. The number of hydrogen-bond acceptors (Lipinski definition) is 5. The van der Waals surface area contributed by atoms with E-state index in [9.17, 15) is 4.79 Å². The number of carbonyl (C=O) groups excluding carboxylic acids is 1. The lowest BCUT2D eigenvalue weighted by Gasteiger charge is -2.37. The van der Waals surface area contributed by atoms with Crippen molar-refractivity contribution < 1.29 is 14.3 Å². The monoisotopic (exact) mass is 334 g/mol. The van der Waals surface area contributed by atoms with Crippen LogP contribution in [0.15, 0.2) is 11.4 Å². The molecule has 0 unspecified atom stereocenters. The summed E-state index contributed by atoms with van der Waals surface area (Å²) in [5, 5.41) is 8.25. The molecule has 0 aromatic carbocycles. The summed E-state index contributed by atoms with van der Waals surface area (Å²) >= 11 is 1.40. The number of hydrogen-bond donors (Lipinski definition) is 2. The molecule has 1 aliphatic heterocycles. The quantitative estimate of drug-likeness (QED) is 0.834. The topological polar surface area (TPSA) is 59.6 Å². The summed E-state index contributed by atoms with van der Waals surface area (Å²) in [5.41, 5.74) is 0.0418. The van der Waals surface area contributed by atoms with Gasteiger partial charge in [0.15, 0.2) is 0 Å². The molecule has 2 heterocycles. The van der Waals surface area contributed by atoms with E-state index in [2.05, 4.69) is 10.6 Å². The summed E-state index contributed by atoms with van der Waals surface area (Å²) < 4.78 is 10.5. The third kappa shape index (κ3) is 4.57. The summed E-state index contributed by atoms with van der Waals surface area (Å²) in [7, 11) is 3.30. The fourth-order valence-corrected chi connectivity index (χ4v) is 3.38. The van der Waals surface area contributed by atoms with Crippen molar-refractivity contribution in [1.29, 1.82) is 0 Å². The number of carbonyl (C=O) groups is 1. The lowest BCUT2D eigenvalue weighted by atomic mass is 9.79. The van der Waals surface area contributed by atoms with E-state index in [-0.39, 0.29) is 23.7 Å². The molecular formula is C14H23ClN2O3S. The summed E-state index contributed by atoms with van der Waals surface area (Å²) in [6.45, 7) is 3.27. The van der Waals surface area contributed by atoms with Gasteiger partial charge in [-0.2, -0.15) is 0 Å². The van der Waals surface area contributed by atoms with Gasteiger partial charge in [-0.15, -0.1) is 23.7 Å². The van der Waals surface area contributed by atoms with Crippen molar-refractivity contribution in [2.24, 2.45) is 5.41 Å². The normalized spacial score (nSPS) is 16.9. The Bertz CT molecular complexity index is 442. The van der Waals surface area contributed by atoms with Gasteiger partial charge in [-0.3, -0.25) is 4.79 Å². The number of halogens is 1. The highest BCUT2D eigenvalue weighted by Gasteiger charge is 2.32. The number of amides is 1. The summed E-state index contributed by atoms with van der Waals surface area (Å²) in [6.07, 6.45) is 2.03. The molecular weight excluding hydrogens is 312 g/mol. The molecule has 1 aromatic rings. The predicted octanol–water partition coefficient (Wildman–Crippen LogP) is 1.92. The predicted molar refractivity (Wildman–Crippen MR) is 86.9 cm³/mol. The number of methoxy groups -OCH3 is 2. The Hall–Kier alpha value is -0.820. The Kier molecular flexibility index (Phi) is 7.45. The van der Waals surface area contributed by atoms with Crippen LogP contribution < -0.4 is 15.4 Å². The van der Waals surface area contributed by atoms with Crippen molar-refractivity contribution in [1.82, 2.24) is 10.6 Å². The Morgan fingerprint density at radius 2 is 2.14 bits per heavy atom. The molecule has 0 spiro atoms. The average Bonchev–Trinajstić information content (AvgIpc) is 2.95. The molecule has 2 rings (SSSR count). The fraction of sp³-hybridized carbons (Fsp3) is 0.643. The van der Waals surface area contributed by atoms with Crippen LogP contribution in [0.2, 0.25) is 0 Å². The zero-order valence-electron chi connectivity index (χ0n) is 12.4. The van der Waals surface area contributed by atoms with E-state index >= 15 is 0 Å². The van der Waals surface area contributed by atoms with E-state index in [0.29, 0.717) is 23.8 Å². The van der Waals surface area contributed by atoms with Crippen molar-refractivity contribution in [3.8, 4) is 5.75 Å². The maximum atomic E-state index is 12.2. The van der Waals surface area contributed by atoms with Gasteiger partial charge < -0.3 is 20.1 Å². The molecule has 1 aliphatic rings. The van der Waals surface area contributed by atoms with E-state index in [0.717, 1.165) is 25.9 Å². The van der Waals surface area contributed by atoms with Gasteiger partial charge >= 0.3 is 0 Å². The highest BCUT2D eigenvalue weighted by atomic mass is 35.5. The van der Waals surface area contributed by atoms with Gasteiger partial charge in [0, 0.05) is 19.1 Å². The molecule has 5 nitrogen and oxygen atoms in total. The maximum absolute atomic E-state index is 12.2. The van der Waals surface area contributed by atoms with Crippen LogP contribution in [-0.2, 0) is 4.74 Å². The van der Waals surface area contributed by atoms with Crippen molar-refractivity contribution in [3.63, 3.8) is 0 Å². The lowest BCUT2D eigenvalue weighted by Crippen LogP contribution is -2.47. The van der Waals surface area contributed by atoms with E-state index in [4.69, 9.17) is 9.47 Å². The number of thiophene rings is 1. The molecule has 7 heteroatoms. The highest BCUT2D eigenvalue weighted by Crippen LogP contribution is 2.29. The third-order valence-corrected chi connectivity index (χ3v) is 4.69. The van der Waals surface area contributed by atoms with E-state index in [1.165, 1.54) is 11.3 Å². The molecule has 0 aliphatic carbocycles. The number of ether oxygens (including phenoxy) is 2. The first kappa shape index (κ1) is 18.2. The molecule has 21 heavy (non-hydrogen) atoms. The Balaban J connectivity index is 0.00000220. The third-order valence-electron chi connectivity index (χ3n) is 3.79. The van der Waals surface area contributed by atoms with Crippen LogP contribution in [0.4, 0.5) is 0 Å². The second kappa shape index (κ2) is 8.58. The van der Waals surface area contributed by atoms with Gasteiger partial charge in [0.05, 0.1) is 13.7 Å². The number of rotatable bonds is 6. The van der Waals surface area contributed by atoms with Crippen LogP contribution in [0.1, 0.15) is 22.5 Å². The van der Waals surface area contributed by atoms with E-state index in [1.54, 1.807) is 14.2 Å². The van der Waals surface area contributed by atoms with Gasteiger partial charge in [-0.25, -0.2) is 0 Å². The fourth-order valence-electron chi connectivity index (χ4n) is 2.61. The van der Waals surface area contributed by atoms with Gasteiger partial charge in [0.1, 0.15) is 10.6 Å². The van der Waals surface area contributed by atoms with Gasteiger partial charge in [0.25, 0.3) is 5.91 Å². The minimum atomic E-state index is -0.0640. The molecule has 120 valence electrons. The van der Waals surface area contributed by atoms with Crippen molar-refractivity contribution in [2.75, 3.05) is 40.5 Å². The second-order valence-electron chi connectivity index (χ2n) is 5.18. The Labute approximate surface area is 135 Å². The first-order chi connectivity index (χ1) is 9.71. The van der Waals surface area contributed by atoms with Crippen molar-refractivity contribution in [3.05, 3.63) is 16.3 Å². The zero-order valence-corrected chi connectivity index (χ0v) is 14.1. The van der Waals surface area contributed by atoms with Crippen LogP contribution in [-0.4, -0.2) is 46.4 Å². The van der Waals surface area contributed by atoms with Crippen LogP contribution in [0, 0.1) is 5.41 Å². The molecule has 0 atom stereocenters. The largest absolute Gasteiger partial charge is 0.495 e. The lowest BCUT2D eigenvalue weighted by molar-refractivity contribution is 0.0512. The molecule has 1 fully saturated rings. The summed E-state index contributed by atoms with van der Waals surface area (Å²) in [6, 6.07) is 1.81. The number of nitrogens with one attached hydrogen (secondary N) is 2. The molecule has 1 amide bonds. The van der Waals surface area contributed by atoms with E-state index in [1.807, 2.05) is 11.4 Å². The van der Waals surface area contributed by atoms with Crippen LogP contribution >= 0.6 is 23.7 Å². The minimum Gasteiger partial charge on any atom is -0.495 e. The molecule has 1 aromatic heterocycles. The first-order valence-electron chi connectivity index (χ1n) is 6.80. The Morgan fingerprint density at radius 1 is 1.43 bits per heavy atom. The Morgan fingerprint density at radius 3 is 2.76 bits per heavy atom. The van der Waals surface area contributed by atoms with Crippen molar-refractivity contribution >= 4 is 29.7 Å². The highest BCUT2D eigenvalue weighted by molar-refractivity contribution is 7.12. The SMILES string of the molecule is COCC1(CNC(=O)c2sccc2OC)CCNCC1.Cl. The van der Waals surface area contributed by atoms with Crippen molar-refractivity contribution in [2.45, 2.75) is 12.8 Å². The maximum Gasteiger partial charge on any atom is 0.265 e. The van der Waals surface area contributed by atoms with E-state index < -0.39 is 0 Å². The first-order valence-corrected chi connectivity index (χ1v) is 7.68. The van der Waals surface area contributed by atoms with Crippen LogP contribution in [0.25, 0.3) is 0 Å². The average molecular weight is 335 g/mol. The van der Waals surface area contributed by atoms with Crippen LogP contribution in [0.3, 0.4) is 0 Å². The van der Waals surface area contributed by atoms with Gasteiger partial charge in [0.2, 0.25) is 0 Å². The zero-order chi connectivity index (χ0) is 14.4. The van der Waals surface area contributed by atoms with Gasteiger partial charge in [-0.1, -0.05) is 0 Å².